The summed E-state index contributed by atoms with van der Waals surface area (Å²) < 4.78 is 41.5. The van der Waals surface area contributed by atoms with E-state index >= 15 is 0 Å². The topological polar surface area (TPSA) is 23.6 Å². The highest BCUT2D eigenvalue weighted by atomic mass is 35.5. The number of likely N-dealkylation sites (tertiary alicyclic amines) is 1. The van der Waals surface area contributed by atoms with Gasteiger partial charge in [0.25, 0.3) is 0 Å². The lowest BCUT2D eigenvalue weighted by atomic mass is 9.93. The Labute approximate surface area is 206 Å². The fourth-order valence-electron chi connectivity index (χ4n) is 3.99. The molecule has 0 aromatic heterocycles. The molecular formula is C25H26Cl2F2N2OS. The molecule has 1 aliphatic rings. The van der Waals surface area contributed by atoms with Crippen molar-refractivity contribution in [1.82, 2.24) is 4.90 Å². The molecule has 0 amide bonds. The third kappa shape index (κ3) is 6.12. The Hall–Kier alpha value is -1.99. The number of anilines is 1. The lowest BCUT2D eigenvalue weighted by molar-refractivity contribution is 0.116. The van der Waals surface area contributed by atoms with Crippen LogP contribution in [0.3, 0.4) is 0 Å². The van der Waals surface area contributed by atoms with Crippen LogP contribution in [0, 0.1) is 11.6 Å². The lowest BCUT2D eigenvalue weighted by Gasteiger charge is -2.48. The fraction of sp³-hybridized carbons (Fsp3) is 0.280. The highest BCUT2D eigenvalue weighted by Crippen LogP contribution is 2.36. The number of hydrogen-bond acceptors (Lipinski definition) is 2. The summed E-state index contributed by atoms with van der Waals surface area (Å²) in [7, 11) is -1.43. The van der Waals surface area contributed by atoms with Crippen LogP contribution >= 0.6 is 23.2 Å². The van der Waals surface area contributed by atoms with Crippen molar-refractivity contribution >= 4 is 39.9 Å². The molecule has 1 aliphatic heterocycles. The molecule has 1 fully saturated rings. The SMILES string of the molecule is CC.CS(=O)N(c1cc(F)cc(F)c1)C1CN(C(c2ccc(Cl)cc2)c2ccc(Cl)cc2)C1. The van der Waals surface area contributed by atoms with Crippen LogP contribution in [0.15, 0.2) is 66.7 Å². The second-order valence-corrected chi connectivity index (χ2v) is 9.60. The van der Waals surface area contributed by atoms with Crippen molar-refractivity contribution in [1.29, 1.82) is 0 Å². The molecule has 33 heavy (non-hydrogen) atoms. The Balaban J connectivity index is 0.00000149. The van der Waals surface area contributed by atoms with E-state index in [4.69, 9.17) is 23.2 Å². The summed E-state index contributed by atoms with van der Waals surface area (Å²) in [4.78, 5) is 2.23. The number of nitrogens with zero attached hydrogens (tertiary/aromatic N) is 2. The van der Waals surface area contributed by atoms with E-state index in [1.807, 2.05) is 62.4 Å². The third-order valence-corrected chi connectivity index (χ3v) is 6.90. The van der Waals surface area contributed by atoms with Crippen molar-refractivity contribution in [3.8, 4) is 0 Å². The molecule has 0 saturated carbocycles. The van der Waals surface area contributed by atoms with Crippen LogP contribution in [0.4, 0.5) is 14.5 Å². The Morgan fingerprint density at radius 2 is 1.30 bits per heavy atom. The quantitative estimate of drug-likeness (QED) is 0.361. The predicted molar refractivity (Wildman–Crippen MR) is 134 cm³/mol. The molecule has 176 valence electrons. The Bertz CT molecular complexity index is 1020. The highest BCUT2D eigenvalue weighted by molar-refractivity contribution is 7.85. The van der Waals surface area contributed by atoms with Gasteiger partial charge in [-0.15, -0.1) is 0 Å². The summed E-state index contributed by atoms with van der Waals surface area (Å²) in [6.07, 6.45) is 1.52. The van der Waals surface area contributed by atoms with E-state index in [0.717, 1.165) is 17.2 Å². The van der Waals surface area contributed by atoms with E-state index in [1.165, 1.54) is 18.4 Å². The molecule has 1 heterocycles. The van der Waals surface area contributed by atoms with Crippen molar-refractivity contribution in [2.45, 2.75) is 25.9 Å². The molecule has 3 aromatic carbocycles. The van der Waals surface area contributed by atoms with Crippen molar-refractivity contribution in [2.75, 3.05) is 23.7 Å². The first-order valence-electron chi connectivity index (χ1n) is 10.7. The van der Waals surface area contributed by atoms with Gasteiger partial charge < -0.3 is 0 Å². The third-order valence-electron chi connectivity index (χ3n) is 5.34. The van der Waals surface area contributed by atoms with Crippen LogP contribution in [0.2, 0.25) is 10.0 Å². The van der Waals surface area contributed by atoms with E-state index in [1.54, 1.807) is 4.31 Å². The largest absolute Gasteiger partial charge is 0.288 e. The lowest BCUT2D eigenvalue weighted by Crippen LogP contribution is -2.60. The van der Waals surface area contributed by atoms with Crippen LogP contribution in [0.25, 0.3) is 0 Å². The molecule has 3 nitrogen and oxygen atoms in total. The molecule has 0 bridgehead atoms. The van der Waals surface area contributed by atoms with E-state index in [9.17, 15) is 13.0 Å². The summed E-state index contributed by atoms with van der Waals surface area (Å²) >= 11 is 12.1. The molecule has 1 unspecified atom stereocenters. The maximum Gasteiger partial charge on any atom is 0.128 e. The fourth-order valence-corrected chi connectivity index (χ4v) is 5.19. The molecular weight excluding hydrogens is 485 g/mol. The van der Waals surface area contributed by atoms with Crippen LogP contribution in [-0.4, -0.2) is 34.5 Å². The Kier molecular flexibility index (Phi) is 8.88. The molecule has 1 atom stereocenters. The normalized spacial score (nSPS) is 14.9. The van der Waals surface area contributed by atoms with Crippen LogP contribution in [0.1, 0.15) is 31.0 Å². The van der Waals surface area contributed by atoms with Gasteiger partial charge in [0, 0.05) is 35.5 Å². The van der Waals surface area contributed by atoms with Gasteiger partial charge in [0.05, 0.1) is 17.8 Å². The van der Waals surface area contributed by atoms with Gasteiger partial charge in [-0.2, -0.15) is 0 Å². The van der Waals surface area contributed by atoms with E-state index in [0.29, 0.717) is 23.1 Å². The predicted octanol–water partition coefficient (Wildman–Crippen LogP) is 6.87. The summed E-state index contributed by atoms with van der Waals surface area (Å²) in [5, 5.41) is 1.31. The molecule has 0 aliphatic carbocycles. The van der Waals surface area contributed by atoms with Gasteiger partial charge in [0.1, 0.15) is 22.6 Å². The van der Waals surface area contributed by atoms with Gasteiger partial charge in [-0.3, -0.25) is 9.21 Å². The average molecular weight is 511 g/mol. The first kappa shape index (κ1) is 25.6. The highest BCUT2D eigenvalue weighted by Gasteiger charge is 2.39. The summed E-state index contributed by atoms with van der Waals surface area (Å²) in [5.41, 5.74) is 2.40. The summed E-state index contributed by atoms with van der Waals surface area (Å²) in [6.45, 7) is 5.15. The Morgan fingerprint density at radius 1 is 0.879 bits per heavy atom. The maximum atomic E-state index is 13.8. The minimum Gasteiger partial charge on any atom is -0.288 e. The molecule has 3 aromatic rings. The standard InChI is InChI=1S/C23H20Cl2F2N2OS.C2H6/c1-31(30)29(21-11-19(26)10-20(27)12-21)22-13-28(14-22)23(15-2-6-17(24)7-3-15)16-4-8-18(25)9-5-16;1-2/h2-12,22-23H,13-14H2,1H3;1-2H3. The smallest absolute Gasteiger partial charge is 0.128 e. The van der Waals surface area contributed by atoms with Gasteiger partial charge in [-0.1, -0.05) is 61.3 Å². The number of benzene rings is 3. The van der Waals surface area contributed by atoms with Crippen molar-refractivity contribution < 1.29 is 13.0 Å². The molecule has 1 saturated heterocycles. The average Bonchev–Trinajstić information content (AvgIpc) is 2.75. The van der Waals surface area contributed by atoms with Gasteiger partial charge in [-0.25, -0.2) is 13.0 Å². The molecule has 0 N–H and O–H groups in total. The summed E-state index contributed by atoms with van der Waals surface area (Å²) in [5.74, 6) is -1.39. The molecule has 4 rings (SSSR count). The van der Waals surface area contributed by atoms with E-state index in [2.05, 4.69) is 4.90 Å². The second kappa shape index (κ2) is 11.4. The van der Waals surface area contributed by atoms with Crippen LogP contribution in [-0.2, 0) is 11.0 Å². The van der Waals surface area contributed by atoms with E-state index < -0.39 is 22.6 Å². The van der Waals surface area contributed by atoms with Crippen LogP contribution in [0.5, 0.6) is 0 Å². The zero-order chi connectivity index (χ0) is 24.1. The first-order chi connectivity index (χ1) is 15.8. The van der Waals surface area contributed by atoms with Crippen LogP contribution < -0.4 is 4.31 Å². The van der Waals surface area contributed by atoms with Crippen molar-refractivity contribution in [3.05, 3.63) is 99.5 Å². The van der Waals surface area contributed by atoms with E-state index in [-0.39, 0.29) is 17.8 Å². The first-order valence-corrected chi connectivity index (χ1v) is 12.9. The van der Waals surface area contributed by atoms with Gasteiger partial charge in [0.2, 0.25) is 0 Å². The molecule has 0 radical (unpaired) electrons. The molecule has 8 heteroatoms. The number of rotatable bonds is 6. The van der Waals surface area contributed by atoms with Crippen molar-refractivity contribution in [3.63, 3.8) is 0 Å². The van der Waals surface area contributed by atoms with Gasteiger partial charge in [-0.05, 0) is 47.5 Å². The zero-order valence-corrected chi connectivity index (χ0v) is 21.0. The zero-order valence-electron chi connectivity index (χ0n) is 18.6. The Morgan fingerprint density at radius 3 is 1.70 bits per heavy atom. The minimum absolute atomic E-state index is 0.0535. The number of hydrogen-bond donors (Lipinski definition) is 0. The maximum absolute atomic E-state index is 13.8. The monoisotopic (exact) mass is 510 g/mol. The van der Waals surface area contributed by atoms with Gasteiger partial charge >= 0.3 is 0 Å². The number of halogens is 4. The minimum atomic E-state index is -1.43. The summed E-state index contributed by atoms with van der Waals surface area (Å²) in [6, 6.07) is 18.3. The van der Waals surface area contributed by atoms with Crippen molar-refractivity contribution in [2.24, 2.45) is 0 Å². The van der Waals surface area contributed by atoms with Gasteiger partial charge in [0.15, 0.2) is 0 Å². The second-order valence-electron chi connectivity index (χ2n) is 7.49. The molecule has 0 spiro atoms.